The maximum atomic E-state index is 10.3. The molecule has 1 atom stereocenters. The maximum Gasteiger partial charge on any atom is 0.306 e. The summed E-state index contributed by atoms with van der Waals surface area (Å²) in [7, 11) is 1.40. The first-order valence-electron chi connectivity index (χ1n) is 3.24. The van der Waals surface area contributed by atoms with E-state index in [2.05, 4.69) is 0 Å². The molecule has 4 nitrogen and oxygen atoms in total. The van der Waals surface area contributed by atoms with Crippen LogP contribution >= 0.6 is 0 Å². The number of aldehydes is 1. The molecular weight excluding hydrogens is 148 g/mol. The molecule has 0 aromatic heterocycles. The molecule has 0 aliphatic rings. The number of hydrogen-bond acceptors (Lipinski definition) is 3. The van der Waals surface area contributed by atoms with Gasteiger partial charge in [0.15, 0.2) is 0 Å². The highest BCUT2D eigenvalue weighted by Gasteiger charge is 2.26. The van der Waals surface area contributed by atoms with Crippen LogP contribution in [0.2, 0.25) is 0 Å². The molecule has 0 aromatic carbocycles. The van der Waals surface area contributed by atoms with Gasteiger partial charge in [-0.15, -0.1) is 0 Å². The number of carbonyl (C=O) groups is 2. The fraction of sp³-hybridized carbons (Fsp3) is 0.714. The fourth-order valence-corrected chi connectivity index (χ4v) is 0.724. The van der Waals surface area contributed by atoms with E-state index in [4.69, 9.17) is 9.84 Å². The summed E-state index contributed by atoms with van der Waals surface area (Å²) in [6.07, 6.45) is 0.616. The van der Waals surface area contributed by atoms with Crippen LogP contribution in [0.15, 0.2) is 0 Å². The Morgan fingerprint density at radius 3 is 2.55 bits per heavy atom. The first-order valence-corrected chi connectivity index (χ1v) is 3.24. The van der Waals surface area contributed by atoms with Crippen LogP contribution in [0.3, 0.4) is 0 Å². The van der Waals surface area contributed by atoms with E-state index in [1.54, 1.807) is 6.92 Å². The maximum absolute atomic E-state index is 10.3. The average molecular weight is 160 g/mol. The number of carbonyl (C=O) groups excluding carboxylic acids is 1. The molecule has 4 heteroatoms. The van der Waals surface area contributed by atoms with E-state index in [9.17, 15) is 9.59 Å². The van der Waals surface area contributed by atoms with Gasteiger partial charge in [0.1, 0.15) is 6.29 Å². The third-order valence-corrected chi connectivity index (χ3v) is 1.53. The first-order chi connectivity index (χ1) is 5.04. The van der Waals surface area contributed by atoms with Gasteiger partial charge in [0, 0.05) is 13.5 Å². The van der Waals surface area contributed by atoms with Gasteiger partial charge in [-0.1, -0.05) is 0 Å². The number of rotatable bonds is 5. The molecule has 0 fully saturated rings. The van der Waals surface area contributed by atoms with Gasteiger partial charge in [0.25, 0.3) is 0 Å². The number of hydrogen-bond donors (Lipinski definition) is 1. The van der Waals surface area contributed by atoms with Crippen molar-refractivity contribution in [1.82, 2.24) is 0 Å². The lowest BCUT2D eigenvalue weighted by molar-refractivity contribution is -0.143. The molecule has 0 saturated heterocycles. The van der Waals surface area contributed by atoms with Gasteiger partial charge in [-0.05, 0) is 6.92 Å². The molecule has 0 amide bonds. The second-order valence-electron chi connectivity index (χ2n) is 2.60. The van der Waals surface area contributed by atoms with E-state index in [0.29, 0.717) is 6.29 Å². The topological polar surface area (TPSA) is 63.6 Å². The van der Waals surface area contributed by atoms with Gasteiger partial charge in [-0.3, -0.25) is 4.79 Å². The molecule has 0 heterocycles. The van der Waals surface area contributed by atoms with E-state index in [-0.39, 0.29) is 12.8 Å². The predicted molar refractivity (Wildman–Crippen MR) is 38.3 cm³/mol. The van der Waals surface area contributed by atoms with Crippen molar-refractivity contribution in [1.29, 1.82) is 0 Å². The van der Waals surface area contributed by atoms with E-state index < -0.39 is 11.6 Å². The Balaban J connectivity index is 4.08. The molecule has 0 bridgehead atoms. The Hall–Kier alpha value is -0.900. The molecule has 0 aromatic rings. The SMILES string of the molecule is COC(C)(CC=O)CC(=O)O. The second kappa shape index (κ2) is 4.08. The van der Waals surface area contributed by atoms with Crippen molar-refractivity contribution in [2.24, 2.45) is 0 Å². The van der Waals surface area contributed by atoms with Crippen LogP contribution in [0.25, 0.3) is 0 Å². The van der Waals surface area contributed by atoms with Gasteiger partial charge in [0.2, 0.25) is 0 Å². The largest absolute Gasteiger partial charge is 0.481 e. The number of ether oxygens (including phenoxy) is 1. The zero-order valence-electron chi connectivity index (χ0n) is 6.66. The summed E-state index contributed by atoms with van der Waals surface area (Å²) in [6.45, 7) is 1.59. The Morgan fingerprint density at radius 2 is 2.27 bits per heavy atom. The summed E-state index contributed by atoms with van der Waals surface area (Å²) >= 11 is 0. The Labute approximate surface area is 65.2 Å². The van der Waals surface area contributed by atoms with Gasteiger partial charge < -0.3 is 14.6 Å². The second-order valence-corrected chi connectivity index (χ2v) is 2.60. The van der Waals surface area contributed by atoms with E-state index >= 15 is 0 Å². The van der Waals surface area contributed by atoms with Crippen molar-refractivity contribution in [2.45, 2.75) is 25.4 Å². The molecule has 0 aliphatic heterocycles. The summed E-state index contributed by atoms with van der Waals surface area (Å²) < 4.78 is 4.88. The van der Waals surface area contributed by atoms with E-state index in [0.717, 1.165) is 0 Å². The first kappa shape index (κ1) is 10.1. The quantitative estimate of drug-likeness (QED) is 0.593. The Bertz CT molecular complexity index is 155. The zero-order chi connectivity index (χ0) is 8.91. The standard InChI is InChI=1S/C7H12O4/c1-7(11-2,3-4-8)5-6(9)10/h4H,3,5H2,1-2H3,(H,9,10). The molecule has 0 aliphatic carbocycles. The van der Waals surface area contributed by atoms with Crippen LogP contribution in [0.4, 0.5) is 0 Å². The smallest absolute Gasteiger partial charge is 0.306 e. The zero-order valence-corrected chi connectivity index (χ0v) is 6.66. The number of methoxy groups -OCH3 is 1. The van der Waals surface area contributed by atoms with Crippen LogP contribution < -0.4 is 0 Å². The van der Waals surface area contributed by atoms with Gasteiger partial charge in [-0.25, -0.2) is 0 Å². The van der Waals surface area contributed by atoms with Crippen molar-refractivity contribution in [3.63, 3.8) is 0 Å². The highest BCUT2D eigenvalue weighted by molar-refractivity contribution is 5.69. The van der Waals surface area contributed by atoms with Crippen LogP contribution in [0.1, 0.15) is 19.8 Å². The average Bonchev–Trinajstić information content (AvgIpc) is 1.87. The lowest BCUT2D eigenvalue weighted by Gasteiger charge is -2.23. The summed E-state index contributed by atoms with van der Waals surface area (Å²) in [6, 6.07) is 0. The molecule has 64 valence electrons. The molecule has 0 rings (SSSR count). The van der Waals surface area contributed by atoms with Crippen molar-refractivity contribution in [3.05, 3.63) is 0 Å². The molecule has 0 radical (unpaired) electrons. The molecule has 0 saturated carbocycles. The monoisotopic (exact) mass is 160 g/mol. The van der Waals surface area contributed by atoms with Gasteiger partial charge in [0.05, 0.1) is 12.0 Å². The fourth-order valence-electron chi connectivity index (χ4n) is 0.724. The number of carboxylic acid groups (broad SMARTS) is 1. The predicted octanol–water partition coefficient (Wildman–Crippen LogP) is 0.455. The Morgan fingerprint density at radius 1 is 1.73 bits per heavy atom. The van der Waals surface area contributed by atoms with Crippen LogP contribution in [0, 0.1) is 0 Å². The summed E-state index contributed by atoms with van der Waals surface area (Å²) in [5.74, 6) is -0.962. The minimum Gasteiger partial charge on any atom is -0.481 e. The van der Waals surface area contributed by atoms with Gasteiger partial charge in [-0.2, -0.15) is 0 Å². The minimum atomic E-state index is -0.962. The van der Waals surface area contributed by atoms with Crippen molar-refractivity contribution in [3.8, 4) is 0 Å². The van der Waals surface area contributed by atoms with E-state index in [1.165, 1.54) is 7.11 Å². The van der Waals surface area contributed by atoms with Crippen molar-refractivity contribution in [2.75, 3.05) is 7.11 Å². The molecule has 1 unspecified atom stereocenters. The number of carboxylic acids is 1. The highest BCUT2D eigenvalue weighted by Crippen LogP contribution is 2.17. The van der Waals surface area contributed by atoms with Crippen molar-refractivity contribution < 1.29 is 19.4 Å². The van der Waals surface area contributed by atoms with Gasteiger partial charge >= 0.3 is 5.97 Å². The van der Waals surface area contributed by atoms with Crippen LogP contribution in [0.5, 0.6) is 0 Å². The lowest BCUT2D eigenvalue weighted by Crippen LogP contribution is -2.30. The van der Waals surface area contributed by atoms with Crippen LogP contribution in [-0.2, 0) is 14.3 Å². The molecular formula is C7H12O4. The number of aliphatic carboxylic acids is 1. The molecule has 0 spiro atoms. The molecule has 11 heavy (non-hydrogen) atoms. The lowest BCUT2D eigenvalue weighted by atomic mass is 9.99. The third kappa shape index (κ3) is 3.72. The Kier molecular flexibility index (Phi) is 3.74. The summed E-state index contributed by atoms with van der Waals surface area (Å²) in [5, 5.41) is 8.41. The van der Waals surface area contributed by atoms with Crippen LogP contribution in [-0.4, -0.2) is 30.1 Å². The summed E-state index contributed by atoms with van der Waals surface area (Å²) in [4.78, 5) is 20.3. The highest BCUT2D eigenvalue weighted by atomic mass is 16.5. The minimum absolute atomic E-state index is 0.107. The van der Waals surface area contributed by atoms with E-state index in [1.807, 2.05) is 0 Å². The summed E-state index contributed by atoms with van der Waals surface area (Å²) in [5.41, 5.74) is -0.854. The van der Waals surface area contributed by atoms with Crippen molar-refractivity contribution >= 4 is 12.3 Å². The normalized spacial score (nSPS) is 15.5. The third-order valence-electron chi connectivity index (χ3n) is 1.53. The molecule has 1 N–H and O–H groups in total.